The molecular formula is C23H30N2O3. The Hall–Kier alpha value is -2.53. The molecule has 5 heteroatoms. The monoisotopic (exact) mass is 382 g/mol. The summed E-state index contributed by atoms with van der Waals surface area (Å²) in [7, 11) is 0. The lowest BCUT2D eigenvalue weighted by atomic mass is 10.0. The molecule has 0 bridgehead atoms. The van der Waals surface area contributed by atoms with Crippen molar-refractivity contribution in [3.05, 3.63) is 59.7 Å². The van der Waals surface area contributed by atoms with Gasteiger partial charge in [-0.1, -0.05) is 50.2 Å². The van der Waals surface area contributed by atoms with Crippen LogP contribution in [0.2, 0.25) is 0 Å². The summed E-state index contributed by atoms with van der Waals surface area (Å²) in [6.07, 6.45) is 1.17. The minimum absolute atomic E-state index is 0.0668. The van der Waals surface area contributed by atoms with Crippen LogP contribution in [0.1, 0.15) is 43.9 Å². The number of benzene rings is 2. The maximum absolute atomic E-state index is 13.0. The molecule has 2 aromatic carbocycles. The van der Waals surface area contributed by atoms with E-state index >= 15 is 0 Å². The first-order valence-electron chi connectivity index (χ1n) is 9.99. The molecule has 1 atom stereocenters. The van der Waals surface area contributed by atoms with E-state index in [2.05, 4.69) is 13.8 Å². The molecule has 2 aromatic rings. The Morgan fingerprint density at radius 3 is 2.50 bits per heavy atom. The molecule has 2 N–H and O–H groups in total. The Bertz CT molecular complexity index is 777. The van der Waals surface area contributed by atoms with Crippen LogP contribution in [-0.2, 0) is 11.3 Å². The van der Waals surface area contributed by atoms with Crippen LogP contribution in [0, 0.1) is 5.92 Å². The molecule has 0 aromatic heterocycles. The molecule has 0 fully saturated rings. The van der Waals surface area contributed by atoms with Crippen molar-refractivity contribution in [1.82, 2.24) is 4.90 Å². The molecule has 1 unspecified atom stereocenters. The average Bonchev–Trinajstić information content (AvgIpc) is 2.92. The third kappa shape index (κ3) is 5.49. The number of nitrogens with two attached hydrogens (primary N) is 1. The SMILES string of the molecule is CC(C)CN(Cc1ccc2c(c1)OCCCO2)C(=O)CC(N)c1ccccc1. The molecule has 5 nitrogen and oxygen atoms in total. The van der Waals surface area contributed by atoms with E-state index in [1.807, 2.05) is 53.4 Å². The molecule has 28 heavy (non-hydrogen) atoms. The Balaban J connectivity index is 1.71. The van der Waals surface area contributed by atoms with Crippen LogP contribution >= 0.6 is 0 Å². The normalized spacial score (nSPS) is 14.4. The van der Waals surface area contributed by atoms with Gasteiger partial charge in [0.25, 0.3) is 0 Å². The zero-order valence-electron chi connectivity index (χ0n) is 16.8. The van der Waals surface area contributed by atoms with Crippen LogP contribution < -0.4 is 15.2 Å². The molecule has 1 amide bonds. The second-order valence-corrected chi connectivity index (χ2v) is 7.72. The van der Waals surface area contributed by atoms with E-state index in [1.165, 1.54) is 0 Å². The first kappa shape index (κ1) is 20.2. The first-order chi connectivity index (χ1) is 13.5. The molecule has 1 heterocycles. The Labute approximate surface area is 167 Å². The van der Waals surface area contributed by atoms with Crippen molar-refractivity contribution >= 4 is 5.91 Å². The fourth-order valence-corrected chi connectivity index (χ4v) is 3.36. The summed E-state index contributed by atoms with van der Waals surface area (Å²) in [5.74, 6) is 1.97. The molecule has 0 saturated carbocycles. The quantitative estimate of drug-likeness (QED) is 0.788. The number of rotatable bonds is 7. The van der Waals surface area contributed by atoms with E-state index in [0.29, 0.717) is 38.6 Å². The van der Waals surface area contributed by atoms with Crippen LogP contribution in [0.15, 0.2) is 48.5 Å². The number of hydrogen-bond acceptors (Lipinski definition) is 4. The maximum atomic E-state index is 13.0. The molecule has 3 rings (SSSR count). The predicted molar refractivity (Wildman–Crippen MR) is 110 cm³/mol. The second kappa shape index (κ2) is 9.60. The van der Waals surface area contributed by atoms with Gasteiger partial charge >= 0.3 is 0 Å². The Kier molecular flexibility index (Phi) is 6.93. The van der Waals surface area contributed by atoms with Crippen molar-refractivity contribution in [3.8, 4) is 11.5 Å². The molecule has 0 saturated heterocycles. The van der Waals surface area contributed by atoms with Gasteiger partial charge in [-0.05, 0) is 29.2 Å². The molecule has 1 aliphatic heterocycles. The van der Waals surface area contributed by atoms with E-state index in [9.17, 15) is 4.79 Å². The summed E-state index contributed by atoms with van der Waals surface area (Å²) >= 11 is 0. The number of hydrogen-bond donors (Lipinski definition) is 1. The minimum Gasteiger partial charge on any atom is -0.490 e. The third-order valence-electron chi connectivity index (χ3n) is 4.75. The molecule has 0 aliphatic carbocycles. The van der Waals surface area contributed by atoms with Crippen LogP contribution in [0.25, 0.3) is 0 Å². The van der Waals surface area contributed by atoms with E-state index in [0.717, 1.165) is 29.0 Å². The van der Waals surface area contributed by atoms with Gasteiger partial charge in [0, 0.05) is 32.0 Å². The lowest BCUT2D eigenvalue weighted by molar-refractivity contribution is -0.132. The largest absolute Gasteiger partial charge is 0.490 e. The van der Waals surface area contributed by atoms with Crippen LogP contribution in [0.3, 0.4) is 0 Å². The zero-order valence-corrected chi connectivity index (χ0v) is 16.8. The van der Waals surface area contributed by atoms with Crippen LogP contribution in [-0.4, -0.2) is 30.6 Å². The summed E-state index contributed by atoms with van der Waals surface area (Å²) in [6.45, 7) is 6.78. The van der Waals surface area contributed by atoms with Gasteiger partial charge < -0.3 is 20.1 Å². The minimum atomic E-state index is -0.299. The maximum Gasteiger partial charge on any atom is 0.224 e. The van der Waals surface area contributed by atoms with Gasteiger partial charge in [-0.3, -0.25) is 4.79 Å². The average molecular weight is 383 g/mol. The van der Waals surface area contributed by atoms with Gasteiger partial charge in [0.2, 0.25) is 5.91 Å². The van der Waals surface area contributed by atoms with E-state index in [1.54, 1.807) is 0 Å². The van der Waals surface area contributed by atoms with Crippen molar-refractivity contribution in [2.75, 3.05) is 19.8 Å². The third-order valence-corrected chi connectivity index (χ3v) is 4.75. The zero-order chi connectivity index (χ0) is 19.9. The van der Waals surface area contributed by atoms with Gasteiger partial charge in [-0.2, -0.15) is 0 Å². The summed E-state index contributed by atoms with van der Waals surface area (Å²) in [5, 5.41) is 0. The van der Waals surface area contributed by atoms with Gasteiger partial charge in [0.05, 0.1) is 13.2 Å². The first-order valence-corrected chi connectivity index (χ1v) is 9.99. The second-order valence-electron chi connectivity index (χ2n) is 7.72. The molecule has 0 radical (unpaired) electrons. The lowest BCUT2D eigenvalue weighted by Gasteiger charge is -2.26. The summed E-state index contributed by atoms with van der Waals surface area (Å²) < 4.78 is 11.5. The smallest absolute Gasteiger partial charge is 0.224 e. The predicted octanol–water partition coefficient (Wildman–Crippen LogP) is 3.92. The van der Waals surface area contributed by atoms with Crippen LogP contribution in [0.5, 0.6) is 11.5 Å². The van der Waals surface area contributed by atoms with E-state index < -0.39 is 0 Å². The van der Waals surface area contributed by atoms with Gasteiger partial charge in [-0.25, -0.2) is 0 Å². The van der Waals surface area contributed by atoms with Gasteiger partial charge in [0.1, 0.15) is 0 Å². The number of nitrogens with zero attached hydrogens (tertiary/aromatic N) is 1. The van der Waals surface area contributed by atoms with Crippen molar-refractivity contribution in [2.45, 2.75) is 39.3 Å². The highest BCUT2D eigenvalue weighted by Gasteiger charge is 2.20. The fourth-order valence-electron chi connectivity index (χ4n) is 3.36. The van der Waals surface area contributed by atoms with Crippen LogP contribution in [0.4, 0.5) is 0 Å². The number of amides is 1. The van der Waals surface area contributed by atoms with Gasteiger partial charge in [0.15, 0.2) is 11.5 Å². The lowest BCUT2D eigenvalue weighted by Crippen LogP contribution is -2.35. The Morgan fingerprint density at radius 2 is 1.79 bits per heavy atom. The summed E-state index contributed by atoms with van der Waals surface area (Å²) in [4.78, 5) is 14.9. The topological polar surface area (TPSA) is 64.8 Å². The van der Waals surface area contributed by atoms with Crippen molar-refractivity contribution < 1.29 is 14.3 Å². The molecular weight excluding hydrogens is 352 g/mol. The van der Waals surface area contributed by atoms with Crippen molar-refractivity contribution in [2.24, 2.45) is 11.7 Å². The van der Waals surface area contributed by atoms with Crippen molar-refractivity contribution in [1.29, 1.82) is 0 Å². The van der Waals surface area contributed by atoms with E-state index in [4.69, 9.17) is 15.2 Å². The highest BCUT2D eigenvalue weighted by molar-refractivity contribution is 5.77. The fraction of sp³-hybridized carbons (Fsp3) is 0.435. The van der Waals surface area contributed by atoms with E-state index in [-0.39, 0.29) is 11.9 Å². The highest BCUT2D eigenvalue weighted by Crippen LogP contribution is 2.31. The number of carbonyl (C=O) groups is 1. The van der Waals surface area contributed by atoms with Crippen molar-refractivity contribution in [3.63, 3.8) is 0 Å². The number of ether oxygens (including phenoxy) is 2. The standard InChI is InChI=1S/C23H30N2O3/c1-17(2)15-25(23(26)14-20(24)19-7-4-3-5-8-19)16-18-9-10-21-22(13-18)28-12-6-11-27-21/h3-5,7-10,13,17,20H,6,11-12,14-16,24H2,1-2H3. The molecule has 0 spiro atoms. The van der Waals surface area contributed by atoms with Gasteiger partial charge in [-0.15, -0.1) is 0 Å². The summed E-state index contributed by atoms with van der Waals surface area (Å²) in [5.41, 5.74) is 8.30. The summed E-state index contributed by atoms with van der Waals surface area (Å²) in [6, 6.07) is 15.4. The molecule has 150 valence electrons. The Morgan fingerprint density at radius 1 is 1.07 bits per heavy atom. The number of fused-ring (bicyclic) bond motifs is 1. The highest BCUT2D eigenvalue weighted by atomic mass is 16.5. The molecule has 1 aliphatic rings. The number of carbonyl (C=O) groups excluding carboxylic acids is 1.